The average molecular weight is 313 g/mol. The number of rotatable bonds is 3. The maximum absolute atomic E-state index is 12.3. The number of ketones is 2. The van der Waals surface area contributed by atoms with Crippen LogP contribution in [0.25, 0.3) is 0 Å². The predicted molar refractivity (Wildman–Crippen MR) is 79.2 cm³/mol. The second-order valence-corrected chi connectivity index (χ2v) is 5.95. The van der Waals surface area contributed by atoms with E-state index in [9.17, 15) is 19.8 Å². The Morgan fingerprint density at radius 3 is 2.20 bits per heavy atom. The summed E-state index contributed by atoms with van der Waals surface area (Å²) in [6.45, 7) is 3.18. The average Bonchev–Trinajstić information content (AvgIpc) is 2.42. The molecule has 0 spiro atoms. The predicted octanol–water partition coefficient (Wildman–Crippen LogP) is 2.95. The summed E-state index contributed by atoms with van der Waals surface area (Å²) in [5.74, 6) is -0.588. The highest BCUT2D eigenvalue weighted by atomic mass is 35.5. The van der Waals surface area contributed by atoms with E-state index in [4.69, 9.17) is 11.6 Å². The van der Waals surface area contributed by atoms with Crippen LogP contribution in [-0.4, -0.2) is 33.4 Å². The minimum atomic E-state index is -0.479. The Bertz CT molecular complexity index is 649. The van der Waals surface area contributed by atoms with Gasteiger partial charge in [0.15, 0.2) is 5.78 Å². The molecule has 0 bridgehead atoms. The molecule has 0 unspecified atom stereocenters. The Morgan fingerprint density at radius 2 is 1.65 bits per heavy atom. The van der Waals surface area contributed by atoms with E-state index in [0.717, 1.165) is 11.8 Å². The zero-order valence-corrected chi connectivity index (χ0v) is 12.6. The lowest BCUT2D eigenvalue weighted by Gasteiger charge is -2.20. The van der Waals surface area contributed by atoms with E-state index in [1.807, 2.05) is 0 Å². The Kier molecular flexibility index (Phi) is 4.11. The zero-order chi connectivity index (χ0) is 15.0. The van der Waals surface area contributed by atoms with Crippen LogP contribution in [0.3, 0.4) is 0 Å². The first kappa shape index (κ1) is 14.9. The summed E-state index contributed by atoms with van der Waals surface area (Å²) >= 11 is 6.74. The Labute approximate surface area is 125 Å². The number of carbonyl (C=O) groups is 2. The van der Waals surface area contributed by atoms with Gasteiger partial charge in [0.2, 0.25) is 5.78 Å². The molecule has 0 saturated heterocycles. The monoisotopic (exact) mass is 312 g/mol. The number of halogens is 1. The molecule has 0 fully saturated rings. The number of alkyl halides is 1. The van der Waals surface area contributed by atoms with E-state index in [2.05, 4.69) is 0 Å². The van der Waals surface area contributed by atoms with Crippen LogP contribution in [0.2, 0.25) is 0 Å². The SMILES string of the molecule is Cc1c(C)c(O)c2c(c1O)C(=O)C=C(SCCCl)C2=O. The summed E-state index contributed by atoms with van der Waals surface area (Å²) in [5, 5.41) is 20.2. The number of aromatic hydroxyl groups is 2. The molecule has 0 radical (unpaired) electrons. The second-order valence-electron chi connectivity index (χ2n) is 4.44. The number of hydrogen-bond acceptors (Lipinski definition) is 5. The summed E-state index contributed by atoms with van der Waals surface area (Å²) in [4.78, 5) is 24.7. The smallest absolute Gasteiger partial charge is 0.204 e. The molecule has 0 atom stereocenters. The number of fused-ring (bicyclic) bond motifs is 1. The van der Waals surface area contributed by atoms with Gasteiger partial charge < -0.3 is 10.2 Å². The highest BCUT2D eigenvalue weighted by molar-refractivity contribution is 8.04. The minimum Gasteiger partial charge on any atom is -0.507 e. The molecular weight excluding hydrogens is 300 g/mol. The highest BCUT2D eigenvalue weighted by Crippen LogP contribution is 2.42. The highest BCUT2D eigenvalue weighted by Gasteiger charge is 2.33. The van der Waals surface area contributed by atoms with Crippen LogP contribution in [-0.2, 0) is 0 Å². The normalized spacial score (nSPS) is 14.2. The van der Waals surface area contributed by atoms with Crippen molar-refractivity contribution in [2.45, 2.75) is 13.8 Å². The van der Waals surface area contributed by atoms with Gasteiger partial charge in [-0.2, -0.15) is 0 Å². The van der Waals surface area contributed by atoms with Gasteiger partial charge in [-0.25, -0.2) is 0 Å². The van der Waals surface area contributed by atoms with Crippen LogP contribution in [0.5, 0.6) is 11.5 Å². The zero-order valence-electron chi connectivity index (χ0n) is 11.0. The lowest BCUT2D eigenvalue weighted by atomic mass is 9.88. The number of allylic oxidation sites excluding steroid dienone is 2. The maximum atomic E-state index is 12.3. The van der Waals surface area contributed by atoms with E-state index in [1.165, 1.54) is 6.08 Å². The molecule has 0 heterocycles. The number of phenolic OH excluding ortho intramolecular Hbond substituents is 2. The first-order valence-electron chi connectivity index (χ1n) is 5.94. The third kappa shape index (κ3) is 2.21. The molecule has 6 heteroatoms. The second kappa shape index (κ2) is 5.50. The molecule has 0 aliphatic heterocycles. The first-order valence-corrected chi connectivity index (χ1v) is 7.46. The van der Waals surface area contributed by atoms with Crippen molar-refractivity contribution in [3.05, 3.63) is 33.2 Å². The number of hydrogen-bond donors (Lipinski definition) is 2. The van der Waals surface area contributed by atoms with Gasteiger partial charge in [0.25, 0.3) is 0 Å². The minimum absolute atomic E-state index is 0.116. The van der Waals surface area contributed by atoms with Crippen molar-refractivity contribution in [3.8, 4) is 11.5 Å². The number of carbonyl (C=O) groups excluding carboxylic acids is 2. The van der Waals surface area contributed by atoms with Gasteiger partial charge in [-0.3, -0.25) is 9.59 Å². The molecule has 1 aromatic rings. The summed E-state index contributed by atoms with van der Waals surface area (Å²) in [6, 6.07) is 0. The van der Waals surface area contributed by atoms with Crippen LogP contribution in [0, 0.1) is 13.8 Å². The van der Waals surface area contributed by atoms with Crippen molar-refractivity contribution in [3.63, 3.8) is 0 Å². The standard InChI is InChI=1S/C14H13ClO4S/c1-6-7(2)13(18)11-10(12(6)17)8(16)5-9(14(11)19)20-4-3-15/h5,17-18H,3-4H2,1-2H3. The van der Waals surface area contributed by atoms with E-state index < -0.39 is 11.6 Å². The fourth-order valence-corrected chi connectivity index (χ4v) is 3.02. The number of benzene rings is 1. The quantitative estimate of drug-likeness (QED) is 0.663. The van der Waals surface area contributed by atoms with Gasteiger partial charge in [0.1, 0.15) is 11.5 Å². The summed E-state index contributed by atoms with van der Waals surface area (Å²) in [5.41, 5.74) is 0.555. The van der Waals surface area contributed by atoms with Crippen LogP contribution >= 0.6 is 23.4 Å². The van der Waals surface area contributed by atoms with Gasteiger partial charge in [0, 0.05) is 17.7 Å². The number of thioether (sulfide) groups is 1. The van der Waals surface area contributed by atoms with Crippen LogP contribution < -0.4 is 0 Å². The van der Waals surface area contributed by atoms with Crippen LogP contribution in [0.4, 0.5) is 0 Å². The van der Waals surface area contributed by atoms with Gasteiger partial charge in [-0.1, -0.05) is 0 Å². The molecule has 0 aromatic heterocycles. The molecule has 1 aliphatic rings. The van der Waals surface area contributed by atoms with Crippen LogP contribution in [0.1, 0.15) is 31.8 Å². The maximum Gasteiger partial charge on any atom is 0.204 e. The lowest BCUT2D eigenvalue weighted by molar-refractivity contribution is 0.0986. The Hall–Kier alpha value is -1.46. The van der Waals surface area contributed by atoms with Crippen molar-refractivity contribution < 1.29 is 19.8 Å². The molecule has 0 saturated carbocycles. The summed E-state index contributed by atoms with van der Waals surface area (Å²) < 4.78 is 0. The lowest BCUT2D eigenvalue weighted by Crippen LogP contribution is -2.17. The van der Waals surface area contributed by atoms with Crippen LogP contribution in [0.15, 0.2) is 11.0 Å². The molecule has 0 amide bonds. The molecule has 2 rings (SSSR count). The molecular formula is C14H13ClO4S. The third-order valence-electron chi connectivity index (χ3n) is 3.29. The molecule has 106 valence electrons. The number of phenols is 2. The van der Waals surface area contributed by atoms with Crippen molar-refractivity contribution >= 4 is 34.9 Å². The van der Waals surface area contributed by atoms with Crippen molar-refractivity contribution in [1.82, 2.24) is 0 Å². The van der Waals surface area contributed by atoms with Crippen molar-refractivity contribution in [2.75, 3.05) is 11.6 Å². The number of Topliss-reactive ketones (excluding diaryl/α,β-unsaturated/α-hetero) is 1. The summed E-state index contributed by atoms with van der Waals surface area (Å²) in [7, 11) is 0. The fraction of sp³-hybridized carbons (Fsp3) is 0.286. The molecule has 1 aliphatic carbocycles. The van der Waals surface area contributed by atoms with Crippen molar-refractivity contribution in [1.29, 1.82) is 0 Å². The van der Waals surface area contributed by atoms with E-state index in [0.29, 0.717) is 22.8 Å². The summed E-state index contributed by atoms with van der Waals surface area (Å²) in [6.07, 6.45) is 1.19. The third-order valence-corrected chi connectivity index (χ3v) is 4.73. The molecule has 2 N–H and O–H groups in total. The van der Waals surface area contributed by atoms with Gasteiger partial charge in [-0.15, -0.1) is 23.4 Å². The Balaban J connectivity index is 2.64. The fourth-order valence-electron chi connectivity index (χ4n) is 2.06. The largest absolute Gasteiger partial charge is 0.507 e. The van der Waals surface area contributed by atoms with E-state index in [-0.39, 0.29) is 27.5 Å². The molecule has 4 nitrogen and oxygen atoms in total. The first-order chi connectivity index (χ1) is 9.40. The topological polar surface area (TPSA) is 74.6 Å². The van der Waals surface area contributed by atoms with E-state index >= 15 is 0 Å². The Morgan fingerprint density at radius 1 is 1.10 bits per heavy atom. The van der Waals surface area contributed by atoms with Gasteiger partial charge >= 0.3 is 0 Å². The molecule has 1 aromatic carbocycles. The van der Waals surface area contributed by atoms with E-state index in [1.54, 1.807) is 13.8 Å². The van der Waals surface area contributed by atoms with Crippen molar-refractivity contribution in [2.24, 2.45) is 0 Å². The van der Waals surface area contributed by atoms with Gasteiger partial charge in [0.05, 0.1) is 16.0 Å². The van der Waals surface area contributed by atoms with Gasteiger partial charge in [-0.05, 0) is 25.0 Å². The molecule has 20 heavy (non-hydrogen) atoms.